The molecule has 2 rings (SSSR count). The molecule has 0 unspecified atom stereocenters. The fourth-order valence-electron chi connectivity index (χ4n) is 2.75. The number of nitrogens with two attached hydrogens (primary N) is 1. The molecule has 0 bridgehead atoms. The second-order valence-electron chi connectivity index (χ2n) is 5.25. The van der Waals surface area contributed by atoms with Crippen molar-refractivity contribution in [2.45, 2.75) is 32.6 Å². The van der Waals surface area contributed by atoms with Gasteiger partial charge in [-0.15, -0.1) is 0 Å². The number of nitrogens with zero attached hydrogens (tertiary/aromatic N) is 1. The number of amides is 1. The number of carbonyl (C=O) groups is 1. The molecule has 0 spiro atoms. The quantitative estimate of drug-likeness (QED) is 0.872. The number of aryl methyl sites for hydroxylation is 1. The van der Waals surface area contributed by atoms with E-state index in [1.807, 2.05) is 19.1 Å². The van der Waals surface area contributed by atoms with Crippen molar-refractivity contribution in [2.75, 3.05) is 11.9 Å². The summed E-state index contributed by atoms with van der Waals surface area (Å²) in [6.45, 7) is 2.23. The Hall–Kier alpha value is -1.86. The molecule has 19 heavy (non-hydrogen) atoms. The van der Waals surface area contributed by atoms with E-state index < -0.39 is 5.41 Å². The summed E-state index contributed by atoms with van der Waals surface area (Å²) in [5, 5.41) is 12.1. The summed E-state index contributed by atoms with van der Waals surface area (Å²) in [5.74, 6) is -0.0467. The summed E-state index contributed by atoms with van der Waals surface area (Å²) in [6.07, 6.45) is 3.76. The Morgan fingerprint density at radius 3 is 2.74 bits per heavy atom. The predicted molar refractivity (Wildman–Crippen MR) is 74.5 cm³/mol. The second-order valence-corrected chi connectivity index (χ2v) is 5.25. The van der Waals surface area contributed by atoms with Crippen LogP contribution in [0, 0.1) is 23.7 Å². The molecule has 1 aromatic rings. The Morgan fingerprint density at radius 1 is 1.47 bits per heavy atom. The van der Waals surface area contributed by atoms with Crippen LogP contribution in [0.15, 0.2) is 18.2 Å². The van der Waals surface area contributed by atoms with E-state index in [0.29, 0.717) is 17.8 Å². The Morgan fingerprint density at radius 2 is 2.16 bits per heavy atom. The van der Waals surface area contributed by atoms with Crippen molar-refractivity contribution in [1.29, 1.82) is 5.26 Å². The molecule has 4 nitrogen and oxygen atoms in total. The molecule has 0 aromatic heterocycles. The number of hydrogen-bond acceptors (Lipinski definition) is 3. The van der Waals surface area contributed by atoms with Gasteiger partial charge in [-0.1, -0.05) is 25.0 Å². The third kappa shape index (κ3) is 2.47. The zero-order valence-corrected chi connectivity index (χ0v) is 11.2. The normalized spacial score (nSPS) is 16.9. The number of nitrogens with one attached hydrogen (secondary N) is 1. The number of carbonyl (C=O) groups excluding carboxylic acids is 1. The first-order valence-electron chi connectivity index (χ1n) is 6.64. The molecule has 1 aliphatic carbocycles. The fourth-order valence-corrected chi connectivity index (χ4v) is 2.75. The van der Waals surface area contributed by atoms with Crippen molar-refractivity contribution in [3.05, 3.63) is 29.3 Å². The summed E-state index contributed by atoms with van der Waals surface area (Å²) in [7, 11) is 0. The highest BCUT2D eigenvalue weighted by atomic mass is 16.2. The number of benzene rings is 1. The van der Waals surface area contributed by atoms with Gasteiger partial charge in [0.25, 0.3) is 0 Å². The minimum atomic E-state index is -0.448. The van der Waals surface area contributed by atoms with Gasteiger partial charge in [0.15, 0.2) is 0 Å². The lowest BCUT2D eigenvalue weighted by atomic mass is 9.85. The van der Waals surface area contributed by atoms with Gasteiger partial charge in [0.2, 0.25) is 5.91 Å². The first kappa shape index (κ1) is 13.6. The molecule has 0 aliphatic heterocycles. The van der Waals surface area contributed by atoms with Gasteiger partial charge in [-0.2, -0.15) is 5.26 Å². The zero-order chi connectivity index (χ0) is 13.9. The van der Waals surface area contributed by atoms with Crippen molar-refractivity contribution in [1.82, 2.24) is 0 Å². The molecule has 0 radical (unpaired) electrons. The zero-order valence-electron chi connectivity index (χ0n) is 11.2. The number of nitriles is 1. The lowest BCUT2D eigenvalue weighted by Crippen LogP contribution is -2.40. The van der Waals surface area contributed by atoms with Crippen LogP contribution in [0.5, 0.6) is 0 Å². The van der Waals surface area contributed by atoms with Crippen LogP contribution in [-0.4, -0.2) is 12.5 Å². The van der Waals surface area contributed by atoms with E-state index in [0.717, 1.165) is 31.2 Å². The lowest BCUT2D eigenvalue weighted by molar-refractivity contribution is -0.124. The van der Waals surface area contributed by atoms with Crippen molar-refractivity contribution in [3.63, 3.8) is 0 Å². The van der Waals surface area contributed by atoms with Crippen molar-refractivity contribution < 1.29 is 4.79 Å². The van der Waals surface area contributed by atoms with Crippen molar-refractivity contribution in [3.8, 4) is 6.07 Å². The van der Waals surface area contributed by atoms with Gasteiger partial charge >= 0.3 is 0 Å². The first-order chi connectivity index (χ1) is 9.13. The molecule has 4 heteroatoms. The lowest BCUT2D eigenvalue weighted by Gasteiger charge is -2.26. The van der Waals surface area contributed by atoms with Gasteiger partial charge in [-0.05, 0) is 31.4 Å². The van der Waals surface area contributed by atoms with Crippen LogP contribution in [0.1, 0.15) is 36.8 Å². The van der Waals surface area contributed by atoms with E-state index in [2.05, 4.69) is 11.4 Å². The molecule has 0 saturated heterocycles. The average Bonchev–Trinajstić information content (AvgIpc) is 2.89. The van der Waals surface area contributed by atoms with Gasteiger partial charge in [-0.3, -0.25) is 4.79 Å². The highest BCUT2D eigenvalue weighted by Crippen LogP contribution is 2.38. The Bertz CT molecular complexity index is 525. The topological polar surface area (TPSA) is 78.9 Å². The summed E-state index contributed by atoms with van der Waals surface area (Å²) in [4.78, 5) is 12.4. The van der Waals surface area contributed by atoms with Gasteiger partial charge in [0.1, 0.15) is 6.07 Å². The summed E-state index contributed by atoms with van der Waals surface area (Å²) in [6, 6.07) is 7.62. The monoisotopic (exact) mass is 257 g/mol. The summed E-state index contributed by atoms with van der Waals surface area (Å²) in [5.41, 5.74) is 7.34. The maximum absolute atomic E-state index is 12.4. The summed E-state index contributed by atoms with van der Waals surface area (Å²) < 4.78 is 0. The molecule has 0 atom stereocenters. The Balaban J connectivity index is 2.24. The molecule has 0 heterocycles. The van der Waals surface area contributed by atoms with Gasteiger partial charge in [-0.25, -0.2) is 0 Å². The van der Waals surface area contributed by atoms with Crippen LogP contribution in [-0.2, 0) is 4.79 Å². The van der Waals surface area contributed by atoms with E-state index in [4.69, 9.17) is 5.73 Å². The highest BCUT2D eigenvalue weighted by Gasteiger charge is 2.39. The van der Waals surface area contributed by atoms with Crippen LogP contribution in [0.4, 0.5) is 5.69 Å². The molecule has 1 saturated carbocycles. The molecule has 100 valence electrons. The largest absolute Gasteiger partial charge is 0.329 e. The van der Waals surface area contributed by atoms with Gasteiger partial charge in [0, 0.05) is 6.54 Å². The SMILES string of the molecule is Cc1cccc(NC(=O)C2(CN)CCCC2)c1C#N. The van der Waals surface area contributed by atoms with Crippen LogP contribution >= 0.6 is 0 Å². The number of rotatable bonds is 3. The number of hydrogen-bond donors (Lipinski definition) is 2. The van der Waals surface area contributed by atoms with Gasteiger partial charge in [0.05, 0.1) is 16.7 Å². The third-order valence-electron chi connectivity index (χ3n) is 4.07. The van der Waals surface area contributed by atoms with Gasteiger partial charge < -0.3 is 11.1 Å². The van der Waals surface area contributed by atoms with Crippen LogP contribution < -0.4 is 11.1 Å². The van der Waals surface area contributed by atoms with E-state index in [1.165, 1.54) is 0 Å². The predicted octanol–water partition coefficient (Wildman–Crippen LogP) is 2.32. The highest BCUT2D eigenvalue weighted by molar-refractivity contribution is 5.97. The molecule has 1 amide bonds. The molecular weight excluding hydrogens is 238 g/mol. The smallest absolute Gasteiger partial charge is 0.231 e. The van der Waals surface area contributed by atoms with Crippen LogP contribution in [0.3, 0.4) is 0 Å². The van der Waals surface area contributed by atoms with Crippen LogP contribution in [0.25, 0.3) is 0 Å². The Kier molecular flexibility index (Phi) is 3.87. The molecule has 3 N–H and O–H groups in total. The first-order valence-corrected chi connectivity index (χ1v) is 6.64. The second kappa shape index (κ2) is 5.41. The average molecular weight is 257 g/mol. The van der Waals surface area contributed by atoms with E-state index in [-0.39, 0.29) is 5.91 Å². The maximum atomic E-state index is 12.4. The molecule has 1 fully saturated rings. The van der Waals surface area contributed by atoms with E-state index in [9.17, 15) is 10.1 Å². The van der Waals surface area contributed by atoms with Crippen LogP contribution in [0.2, 0.25) is 0 Å². The minimum absolute atomic E-state index is 0.0467. The fraction of sp³-hybridized carbons (Fsp3) is 0.467. The van der Waals surface area contributed by atoms with E-state index in [1.54, 1.807) is 6.07 Å². The molecular formula is C15H19N3O. The maximum Gasteiger partial charge on any atom is 0.231 e. The molecule has 1 aromatic carbocycles. The van der Waals surface area contributed by atoms with Crippen molar-refractivity contribution in [2.24, 2.45) is 11.1 Å². The number of anilines is 1. The molecule has 1 aliphatic rings. The standard InChI is InChI=1S/C15H19N3O/c1-11-5-4-6-13(12(11)9-16)18-14(19)15(10-17)7-2-3-8-15/h4-6H,2-3,7-8,10,17H2,1H3,(H,18,19). The van der Waals surface area contributed by atoms with Crippen molar-refractivity contribution >= 4 is 11.6 Å². The third-order valence-corrected chi connectivity index (χ3v) is 4.07. The Labute approximate surface area is 113 Å². The summed E-state index contributed by atoms with van der Waals surface area (Å²) >= 11 is 0. The van der Waals surface area contributed by atoms with E-state index >= 15 is 0 Å². The minimum Gasteiger partial charge on any atom is -0.329 e.